The van der Waals surface area contributed by atoms with E-state index in [1.165, 1.54) is 19.3 Å². The monoisotopic (exact) mass is 394 g/mol. The van der Waals surface area contributed by atoms with Gasteiger partial charge in [0.05, 0.1) is 10.6 Å². The smallest absolute Gasteiger partial charge is 0.262 e. The van der Waals surface area contributed by atoms with Crippen molar-refractivity contribution < 1.29 is 17.2 Å². The van der Waals surface area contributed by atoms with Crippen LogP contribution in [0, 0.1) is 11.6 Å². The summed E-state index contributed by atoms with van der Waals surface area (Å²) >= 11 is 0. The summed E-state index contributed by atoms with van der Waals surface area (Å²) in [5, 5.41) is 0. The molecule has 2 aromatic rings. The fourth-order valence-corrected chi connectivity index (χ4v) is 4.64. The predicted octanol–water partition coefficient (Wildman–Crippen LogP) is 4.53. The molecule has 2 aromatic carbocycles. The van der Waals surface area contributed by atoms with Crippen LogP contribution in [0.4, 0.5) is 14.5 Å². The van der Waals surface area contributed by atoms with E-state index in [9.17, 15) is 17.2 Å². The topological polar surface area (TPSA) is 49.4 Å². The quantitative estimate of drug-likeness (QED) is 0.783. The highest BCUT2D eigenvalue weighted by atomic mass is 32.2. The Hall–Kier alpha value is -1.99. The normalized spacial score (nSPS) is 15.9. The van der Waals surface area contributed by atoms with Crippen molar-refractivity contribution in [2.45, 2.75) is 49.6 Å². The molecule has 0 unspecified atom stereocenters. The predicted molar refractivity (Wildman–Crippen MR) is 102 cm³/mol. The fourth-order valence-electron chi connectivity index (χ4n) is 3.53. The van der Waals surface area contributed by atoms with E-state index < -0.39 is 21.7 Å². The Morgan fingerprint density at radius 1 is 1.04 bits per heavy atom. The molecule has 0 atom stereocenters. The van der Waals surface area contributed by atoms with Crippen LogP contribution < -0.4 is 4.72 Å². The Balaban J connectivity index is 1.79. The molecule has 0 amide bonds. The second-order valence-electron chi connectivity index (χ2n) is 7.05. The van der Waals surface area contributed by atoms with Crippen molar-refractivity contribution in [2.75, 3.05) is 11.8 Å². The van der Waals surface area contributed by atoms with Crippen LogP contribution in [0.2, 0.25) is 0 Å². The first-order valence-electron chi connectivity index (χ1n) is 9.13. The van der Waals surface area contributed by atoms with Crippen LogP contribution in [0.3, 0.4) is 0 Å². The highest BCUT2D eigenvalue weighted by Gasteiger charge is 2.21. The summed E-state index contributed by atoms with van der Waals surface area (Å²) in [7, 11) is -1.96. The Kier molecular flexibility index (Phi) is 6.11. The van der Waals surface area contributed by atoms with Crippen molar-refractivity contribution in [3.05, 3.63) is 59.7 Å². The highest BCUT2D eigenvalue weighted by molar-refractivity contribution is 7.92. The Bertz CT molecular complexity index is 897. The Morgan fingerprint density at radius 3 is 2.44 bits per heavy atom. The van der Waals surface area contributed by atoms with E-state index in [-0.39, 0.29) is 4.90 Å². The maximum atomic E-state index is 13.4. The molecule has 1 aliphatic rings. The minimum Gasteiger partial charge on any atom is -0.299 e. The molecule has 0 aromatic heterocycles. The summed E-state index contributed by atoms with van der Waals surface area (Å²) in [5.74, 6) is -2.27. The zero-order valence-electron chi connectivity index (χ0n) is 15.3. The lowest BCUT2D eigenvalue weighted by atomic mass is 9.94. The molecule has 1 N–H and O–H groups in total. The lowest BCUT2D eigenvalue weighted by molar-refractivity contribution is 0.185. The van der Waals surface area contributed by atoms with Gasteiger partial charge in [0.1, 0.15) is 0 Å². The lowest BCUT2D eigenvalue weighted by Gasteiger charge is -2.31. The molecule has 4 nitrogen and oxygen atoms in total. The summed E-state index contributed by atoms with van der Waals surface area (Å²) in [6, 6.07) is 10.2. The van der Waals surface area contributed by atoms with E-state index in [1.54, 1.807) is 12.1 Å². The largest absolute Gasteiger partial charge is 0.299 e. The first kappa shape index (κ1) is 19.8. The summed E-state index contributed by atoms with van der Waals surface area (Å²) in [6.07, 6.45) is 6.02. The van der Waals surface area contributed by atoms with Gasteiger partial charge in [-0.05, 0) is 49.7 Å². The van der Waals surface area contributed by atoms with Crippen molar-refractivity contribution in [1.82, 2.24) is 4.90 Å². The van der Waals surface area contributed by atoms with E-state index in [1.807, 2.05) is 12.1 Å². The van der Waals surface area contributed by atoms with Crippen molar-refractivity contribution in [3.63, 3.8) is 0 Å². The van der Waals surface area contributed by atoms with Gasteiger partial charge in [0.25, 0.3) is 10.0 Å². The number of nitrogens with one attached hydrogen (secondary N) is 1. The molecule has 146 valence electrons. The van der Waals surface area contributed by atoms with Crippen LogP contribution in [0.25, 0.3) is 0 Å². The molecule has 0 saturated heterocycles. The van der Waals surface area contributed by atoms with Crippen LogP contribution in [-0.2, 0) is 16.6 Å². The third-order valence-electron chi connectivity index (χ3n) is 5.08. The van der Waals surface area contributed by atoms with Gasteiger partial charge in [-0.2, -0.15) is 0 Å². The van der Waals surface area contributed by atoms with Crippen molar-refractivity contribution in [2.24, 2.45) is 0 Å². The summed E-state index contributed by atoms with van der Waals surface area (Å²) < 4.78 is 54.2. The first-order chi connectivity index (χ1) is 12.9. The van der Waals surface area contributed by atoms with Gasteiger partial charge >= 0.3 is 0 Å². The third-order valence-corrected chi connectivity index (χ3v) is 6.44. The standard InChI is InChI=1S/C20H24F2N2O2S/c1-24(16-8-3-2-4-9-16)14-15-7-5-6-10-20(15)23-27(25,26)17-11-12-18(21)19(22)13-17/h5-7,10-13,16,23H,2-4,8-9,14H2,1H3. The number of anilines is 1. The minimum atomic E-state index is -4.01. The molecule has 3 rings (SSSR count). The van der Waals surface area contributed by atoms with E-state index >= 15 is 0 Å². The number of hydrogen-bond donors (Lipinski definition) is 1. The number of benzene rings is 2. The van der Waals surface area contributed by atoms with Gasteiger partial charge in [0.2, 0.25) is 0 Å². The maximum Gasteiger partial charge on any atom is 0.262 e. The van der Waals surface area contributed by atoms with Crippen molar-refractivity contribution in [1.29, 1.82) is 0 Å². The lowest BCUT2D eigenvalue weighted by Crippen LogP contribution is -2.33. The molecular weight excluding hydrogens is 370 g/mol. The van der Waals surface area contributed by atoms with Gasteiger partial charge in [-0.3, -0.25) is 9.62 Å². The zero-order valence-corrected chi connectivity index (χ0v) is 16.1. The van der Waals surface area contributed by atoms with Gasteiger partial charge in [-0.15, -0.1) is 0 Å². The number of halogens is 2. The number of nitrogens with zero attached hydrogens (tertiary/aromatic N) is 1. The van der Waals surface area contributed by atoms with Crippen LogP contribution in [0.15, 0.2) is 47.4 Å². The number of sulfonamides is 1. The van der Waals surface area contributed by atoms with Crippen LogP contribution in [0.5, 0.6) is 0 Å². The van der Waals surface area contributed by atoms with Gasteiger partial charge in [0, 0.05) is 12.6 Å². The Morgan fingerprint density at radius 2 is 1.74 bits per heavy atom. The number of para-hydroxylation sites is 1. The van der Waals surface area contributed by atoms with E-state index in [2.05, 4.69) is 16.7 Å². The van der Waals surface area contributed by atoms with Gasteiger partial charge < -0.3 is 0 Å². The average Bonchev–Trinajstić information content (AvgIpc) is 2.66. The number of hydrogen-bond acceptors (Lipinski definition) is 3. The third kappa shape index (κ3) is 4.84. The van der Waals surface area contributed by atoms with Crippen molar-refractivity contribution >= 4 is 15.7 Å². The fraction of sp³-hybridized carbons (Fsp3) is 0.400. The molecule has 0 aliphatic heterocycles. The number of rotatable bonds is 6. The molecule has 0 radical (unpaired) electrons. The van der Waals surface area contributed by atoms with Gasteiger partial charge in [0.15, 0.2) is 11.6 Å². The molecule has 0 bridgehead atoms. The van der Waals surface area contributed by atoms with Crippen LogP contribution in [0.1, 0.15) is 37.7 Å². The molecule has 0 spiro atoms. The minimum absolute atomic E-state index is 0.308. The van der Waals surface area contributed by atoms with E-state index in [0.29, 0.717) is 24.3 Å². The molecule has 1 fully saturated rings. The van der Waals surface area contributed by atoms with E-state index in [0.717, 1.165) is 30.5 Å². The zero-order chi connectivity index (χ0) is 19.4. The summed E-state index contributed by atoms with van der Waals surface area (Å²) in [4.78, 5) is 1.95. The van der Waals surface area contributed by atoms with Gasteiger partial charge in [-0.25, -0.2) is 17.2 Å². The Labute approximate surface area is 159 Å². The maximum absolute atomic E-state index is 13.4. The second-order valence-corrected chi connectivity index (χ2v) is 8.73. The molecule has 7 heteroatoms. The highest BCUT2D eigenvalue weighted by Crippen LogP contribution is 2.26. The first-order valence-corrected chi connectivity index (χ1v) is 10.6. The SMILES string of the molecule is CN(Cc1ccccc1NS(=O)(=O)c1ccc(F)c(F)c1)C1CCCCC1. The molecular formula is C20H24F2N2O2S. The van der Waals surface area contributed by atoms with Gasteiger partial charge in [-0.1, -0.05) is 37.5 Å². The van der Waals surface area contributed by atoms with E-state index in [4.69, 9.17) is 0 Å². The second kappa shape index (κ2) is 8.35. The average molecular weight is 394 g/mol. The van der Waals surface area contributed by atoms with Crippen LogP contribution in [-0.4, -0.2) is 26.4 Å². The summed E-state index contributed by atoms with van der Waals surface area (Å²) in [6.45, 7) is 0.612. The molecule has 1 saturated carbocycles. The van der Waals surface area contributed by atoms with Crippen molar-refractivity contribution in [3.8, 4) is 0 Å². The molecule has 27 heavy (non-hydrogen) atoms. The van der Waals surface area contributed by atoms with Crippen LogP contribution >= 0.6 is 0 Å². The molecule has 1 aliphatic carbocycles. The summed E-state index contributed by atoms with van der Waals surface area (Å²) in [5.41, 5.74) is 1.29. The molecule has 0 heterocycles.